The summed E-state index contributed by atoms with van der Waals surface area (Å²) in [5, 5.41) is 9.53. The molecule has 1 aliphatic rings. The third kappa shape index (κ3) is 2.06. The average Bonchev–Trinajstić information content (AvgIpc) is 2.53. The van der Waals surface area contributed by atoms with Gasteiger partial charge in [0.15, 0.2) is 0 Å². The Labute approximate surface area is 104 Å². The van der Waals surface area contributed by atoms with Gasteiger partial charge in [-0.2, -0.15) is 0 Å². The van der Waals surface area contributed by atoms with Crippen molar-refractivity contribution in [2.75, 3.05) is 0 Å². The first-order valence-corrected chi connectivity index (χ1v) is 5.91. The molecule has 7 heteroatoms. The van der Waals surface area contributed by atoms with Crippen LogP contribution in [-0.2, 0) is 4.74 Å². The highest BCUT2D eigenvalue weighted by atomic mass is 127. The Balaban J connectivity index is 2.39. The Kier molecular flexibility index (Phi) is 3.17. The fourth-order valence-electron chi connectivity index (χ4n) is 1.65. The summed E-state index contributed by atoms with van der Waals surface area (Å²) in [6, 6.07) is 0. The molecule has 0 unspecified atom stereocenters. The maximum Gasteiger partial charge on any atom is 0.330 e. The second kappa shape index (κ2) is 4.30. The molecular weight excluding hydrogens is 327 g/mol. The number of H-pyrrole nitrogens is 1. The molecule has 1 saturated heterocycles. The van der Waals surface area contributed by atoms with E-state index in [1.807, 2.05) is 22.6 Å². The number of aliphatic hydroxyl groups is 1. The van der Waals surface area contributed by atoms with E-state index in [-0.39, 0.29) is 6.10 Å². The van der Waals surface area contributed by atoms with Gasteiger partial charge >= 0.3 is 5.69 Å². The van der Waals surface area contributed by atoms with E-state index >= 15 is 0 Å². The largest absolute Gasteiger partial charge is 0.390 e. The van der Waals surface area contributed by atoms with Crippen LogP contribution in [-0.4, -0.2) is 26.9 Å². The van der Waals surface area contributed by atoms with Gasteiger partial charge < -0.3 is 9.84 Å². The standard InChI is InChI=1S/C9H11IN2O4/c1-4-6(13)2-7(16-4)12-3-5(10)8(14)11-9(12)15/h3-4,6-7,13H,2H2,1H3,(H,11,14,15)/t4-,6+,7+/m1/s1. The van der Waals surface area contributed by atoms with Gasteiger partial charge in [-0.05, 0) is 29.5 Å². The van der Waals surface area contributed by atoms with Crippen LogP contribution in [0, 0.1) is 3.57 Å². The van der Waals surface area contributed by atoms with E-state index in [4.69, 9.17) is 4.74 Å². The van der Waals surface area contributed by atoms with E-state index in [0.717, 1.165) is 0 Å². The SMILES string of the molecule is C[C@H]1O[C@H](n2cc(I)c(=O)[nH]c2=O)C[C@@H]1O. The van der Waals surface area contributed by atoms with Crippen molar-refractivity contribution in [1.29, 1.82) is 0 Å². The Hall–Kier alpha value is -0.670. The Morgan fingerprint density at radius 2 is 2.31 bits per heavy atom. The molecule has 1 aromatic heterocycles. The van der Waals surface area contributed by atoms with Crippen LogP contribution in [0.15, 0.2) is 15.8 Å². The minimum atomic E-state index is -0.582. The normalized spacial score (nSPS) is 29.6. The summed E-state index contributed by atoms with van der Waals surface area (Å²) in [6.07, 6.45) is 0.395. The fraction of sp³-hybridized carbons (Fsp3) is 0.556. The minimum Gasteiger partial charge on any atom is -0.390 e. The molecule has 2 rings (SSSR count). The van der Waals surface area contributed by atoms with Crippen molar-refractivity contribution >= 4 is 22.6 Å². The lowest BCUT2D eigenvalue weighted by Crippen LogP contribution is -2.33. The zero-order valence-electron chi connectivity index (χ0n) is 8.51. The molecule has 0 spiro atoms. The van der Waals surface area contributed by atoms with E-state index in [0.29, 0.717) is 9.99 Å². The van der Waals surface area contributed by atoms with Crippen molar-refractivity contribution in [2.45, 2.75) is 31.8 Å². The molecule has 0 radical (unpaired) electrons. The molecule has 0 aromatic carbocycles. The van der Waals surface area contributed by atoms with Gasteiger partial charge in [-0.15, -0.1) is 0 Å². The van der Waals surface area contributed by atoms with E-state index in [1.54, 1.807) is 6.92 Å². The monoisotopic (exact) mass is 338 g/mol. The number of nitrogens with zero attached hydrogens (tertiary/aromatic N) is 1. The third-order valence-corrected chi connectivity index (χ3v) is 3.36. The number of nitrogens with one attached hydrogen (secondary N) is 1. The van der Waals surface area contributed by atoms with Crippen molar-refractivity contribution in [3.05, 3.63) is 30.6 Å². The molecule has 1 aliphatic heterocycles. The van der Waals surface area contributed by atoms with E-state index in [1.165, 1.54) is 10.8 Å². The third-order valence-electron chi connectivity index (χ3n) is 2.59. The molecule has 0 amide bonds. The zero-order chi connectivity index (χ0) is 11.9. The summed E-state index contributed by atoms with van der Waals surface area (Å²) in [7, 11) is 0. The molecule has 1 aromatic rings. The number of ether oxygens (including phenoxy) is 1. The van der Waals surface area contributed by atoms with Crippen LogP contribution in [0.25, 0.3) is 0 Å². The van der Waals surface area contributed by atoms with Gasteiger partial charge in [-0.1, -0.05) is 0 Å². The number of aromatic amines is 1. The van der Waals surface area contributed by atoms with Crippen molar-refractivity contribution < 1.29 is 9.84 Å². The first-order chi connectivity index (χ1) is 7.49. The maximum absolute atomic E-state index is 11.5. The molecule has 0 bridgehead atoms. The number of aliphatic hydroxyl groups excluding tert-OH is 1. The van der Waals surface area contributed by atoms with E-state index in [9.17, 15) is 14.7 Å². The van der Waals surface area contributed by atoms with Crippen LogP contribution < -0.4 is 11.2 Å². The second-order valence-corrected chi connectivity index (χ2v) is 4.90. The van der Waals surface area contributed by atoms with Crippen molar-refractivity contribution in [2.24, 2.45) is 0 Å². The molecule has 2 heterocycles. The topological polar surface area (TPSA) is 84.3 Å². The number of hydrogen-bond donors (Lipinski definition) is 2. The predicted molar refractivity (Wildman–Crippen MR) is 64.2 cm³/mol. The smallest absolute Gasteiger partial charge is 0.330 e. The highest BCUT2D eigenvalue weighted by Crippen LogP contribution is 2.26. The number of rotatable bonds is 1. The molecule has 6 nitrogen and oxygen atoms in total. The molecular formula is C9H11IN2O4. The summed E-state index contributed by atoms with van der Waals surface area (Å²) in [6.45, 7) is 1.74. The van der Waals surface area contributed by atoms with Gasteiger partial charge in [0.25, 0.3) is 5.56 Å². The molecule has 16 heavy (non-hydrogen) atoms. The molecule has 3 atom stereocenters. The molecule has 88 valence electrons. The lowest BCUT2D eigenvalue weighted by molar-refractivity contribution is -0.0102. The van der Waals surface area contributed by atoms with Gasteiger partial charge in [-0.25, -0.2) is 4.79 Å². The van der Waals surface area contributed by atoms with Gasteiger partial charge in [0.05, 0.1) is 15.8 Å². The summed E-state index contributed by atoms with van der Waals surface area (Å²) in [5.41, 5.74) is -0.926. The van der Waals surface area contributed by atoms with Crippen LogP contribution in [0.5, 0.6) is 0 Å². The van der Waals surface area contributed by atoms with Crippen LogP contribution >= 0.6 is 22.6 Å². The fourth-order valence-corrected chi connectivity index (χ4v) is 2.08. The first kappa shape index (κ1) is 11.8. The van der Waals surface area contributed by atoms with Gasteiger partial charge in [0, 0.05) is 12.6 Å². The molecule has 2 N–H and O–H groups in total. The average molecular weight is 338 g/mol. The van der Waals surface area contributed by atoms with Crippen molar-refractivity contribution in [3.8, 4) is 0 Å². The van der Waals surface area contributed by atoms with Crippen LogP contribution in [0.2, 0.25) is 0 Å². The summed E-state index contributed by atoms with van der Waals surface area (Å²) < 4.78 is 7.14. The maximum atomic E-state index is 11.5. The number of halogens is 1. The molecule has 1 fully saturated rings. The summed E-state index contributed by atoms with van der Waals surface area (Å²) >= 11 is 1.84. The Morgan fingerprint density at radius 3 is 2.88 bits per heavy atom. The summed E-state index contributed by atoms with van der Waals surface area (Å²) in [4.78, 5) is 24.9. The minimum absolute atomic E-state index is 0.304. The van der Waals surface area contributed by atoms with E-state index in [2.05, 4.69) is 4.98 Å². The Bertz CT molecular complexity index is 499. The van der Waals surface area contributed by atoms with Crippen molar-refractivity contribution in [1.82, 2.24) is 9.55 Å². The predicted octanol–water partition coefficient (Wildman–Crippen LogP) is -0.191. The van der Waals surface area contributed by atoms with Crippen LogP contribution in [0.4, 0.5) is 0 Å². The summed E-state index contributed by atoms with van der Waals surface area (Å²) in [5.74, 6) is 0. The lowest BCUT2D eigenvalue weighted by Gasteiger charge is -2.13. The lowest BCUT2D eigenvalue weighted by atomic mass is 10.2. The molecule has 0 saturated carbocycles. The second-order valence-electron chi connectivity index (χ2n) is 3.74. The van der Waals surface area contributed by atoms with Gasteiger partial charge in [-0.3, -0.25) is 14.3 Å². The highest BCUT2D eigenvalue weighted by Gasteiger charge is 2.32. The van der Waals surface area contributed by atoms with E-state index < -0.39 is 23.6 Å². The highest BCUT2D eigenvalue weighted by molar-refractivity contribution is 14.1. The zero-order valence-corrected chi connectivity index (χ0v) is 10.7. The Morgan fingerprint density at radius 1 is 1.62 bits per heavy atom. The van der Waals surface area contributed by atoms with Crippen LogP contribution in [0.1, 0.15) is 19.6 Å². The quantitative estimate of drug-likeness (QED) is 0.696. The van der Waals surface area contributed by atoms with Gasteiger partial charge in [0.1, 0.15) is 6.23 Å². The van der Waals surface area contributed by atoms with Gasteiger partial charge in [0.2, 0.25) is 0 Å². The number of aromatic nitrogens is 2. The van der Waals surface area contributed by atoms with Crippen molar-refractivity contribution in [3.63, 3.8) is 0 Å². The molecule has 0 aliphatic carbocycles. The first-order valence-electron chi connectivity index (χ1n) is 4.83. The number of hydrogen-bond acceptors (Lipinski definition) is 4. The van der Waals surface area contributed by atoms with Crippen LogP contribution in [0.3, 0.4) is 0 Å².